The van der Waals surface area contributed by atoms with Crippen molar-refractivity contribution < 1.29 is 19.1 Å². The van der Waals surface area contributed by atoms with E-state index in [1.54, 1.807) is 19.2 Å². The number of esters is 1. The number of hydrogen-bond donors (Lipinski definition) is 1. The van der Waals surface area contributed by atoms with Gasteiger partial charge in [0.25, 0.3) is 5.91 Å². The third-order valence-electron chi connectivity index (χ3n) is 3.42. The van der Waals surface area contributed by atoms with Gasteiger partial charge in [0.1, 0.15) is 5.69 Å². The molecule has 1 heterocycles. The molecule has 1 aromatic carbocycles. The lowest BCUT2D eigenvalue weighted by Gasteiger charge is -2.21. The molecule has 0 unspecified atom stereocenters. The number of hydrogen-bond acceptors (Lipinski definition) is 4. The van der Waals surface area contributed by atoms with Crippen molar-refractivity contribution in [1.82, 2.24) is 4.98 Å². The van der Waals surface area contributed by atoms with Gasteiger partial charge in [-0.3, -0.25) is 9.59 Å². The van der Waals surface area contributed by atoms with Gasteiger partial charge in [0, 0.05) is 24.5 Å². The van der Waals surface area contributed by atoms with Gasteiger partial charge >= 0.3 is 5.97 Å². The van der Waals surface area contributed by atoms with Crippen LogP contribution in [0.15, 0.2) is 42.6 Å². The number of H-pyrrole nitrogens is 1. The van der Waals surface area contributed by atoms with Crippen molar-refractivity contribution in [2.24, 2.45) is 0 Å². The first kappa shape index (κ1) is 16.5. The fourth-order valence-electron chi connectivity index (χ4n) is 2.04. The number of ketones is 1. The van der Waals surface area contributed by atoms with Crippen LogP contribution in [0.4, 0.5) is 5.69 Å². The number of carbonyl (C=O) groups is 3. The first-order chi connectivity index (χ1) is 10.9. The fraction of sp³-hybridized carbons (Fsp3) is 0.235. The summed E-state index contributed by atoms with van der Waals surface area (Å²) in [4.78, 5) is 39.6. The summed E-state index contributed by atoms with van der Waals surface area (Å²) in [5.41, 5.74) is 1.23. The molecule has 2 aromatic rings. The summed E-state index contributed by atoms with van der Waals surface area (Å²) in [7, 11) is 1.62. The molecular formula is C17H18N2O4. The Morgan fingerprint density at radius 2 is 1.83 bits per heavy atom. The predicted molar refractivity (Wildman–Crippen MR) is 85.5 cm³/mol. The van der Waals surface area contributed by atoms with Gasteiger partial charge in [0.15, 0.2) is 11.9 Å². The van der Waals surface area contributed by atoms with E-state index in [0.717, 1.165) is 0 Å². The Morgan fingerprint density at radius 1 is 1.17 bits per heavy atom. The van der Waals surface area contributed by atoms with Crippen molar-refractivity contribution in [2.75, 3.05) is 11.9 Å². The minimum atomic E-state index is -0.947. The Morgan fingerprint density at radius 3 is 2.39 bits per heavy atom. The van der Waals surface area contributed by atoms with E-state index in [1.807, 2.05) is 18.2 Å². The summed E-state index contributed by atoms with van der Waals surface area (Å²) in [5.74, 6) is -1.18. The maximum Gasteiger partial charge on any atom is 0.355 e. The van der Waals surface area contributed by atoms with Crippen LogP contribution in [0.2, 0.25) is 0 Å². The number of aromatic nitrogens is 1. The molecule has 0 radical (unpaired) electrons. The van der Waals surface area contributed by atoms with Crippen molar-refractivity contribution in [3.8, 4) is 0 Å². The predicted octanol–water partition coefficient (Wildman–Crippen LogP) is 2.43. The van der Waals surface area contributed by atoms with Crippen LogP contribution in [0.5, 0.6) is 0 Å². The van der Waals surface area contributed by atoms with Gasteiger partial charge in [-0.1, -0.05) is 18.2 Å². The molecule has 1 amide bonds. The Balaban J connectivity index is 2.02. The van der Waals surface area contributed by atoms with Crippen LogP contribution in [0.25, 0.3) is 0 Å². The molecule has 0 aliphatic carbocycles. The molecular weight excluding hydrogens is 296 g/mol. The summed E-state index contributed by atoms with van der Waals surface area (Å²) in [6.45, 7) is 2.91. The maximum absolute atomic E-state index is 12.3. The number of para-hydroxylation sites is 1. The second-order valence-corrected chi connectivity index (χ2v) is 5.14. The average Bonchev–Trinajstić information content (AvgIpc) is 3.04. The average molecular weight is 314 g/mol. The highest BCUT2D eigenvalue weighted by molar-refractivity contribution is 6.00. The molecule has 6 nitrogen and oxygen atoms in total. The normalized spacial score (nSPS) is 11.6. The Labute approximate surface area is 134 Å². The van der Waals surface area contributed by atoms with Gasteiger partial charge in [-0.15, -0.1) is 0 Å². The molecule has 1 aromatic heterocycles. The minimum Gasteiger partial charge on any atom is -0.448 e. The molecule has 1 N–H and O–H groups in total. The quantitative estimate of drug-likeness (QED) is 0.679. The summed E-state index contributed by atoms with van der Waals surface area (Å²) in [6, 6.07) is 10.5. The Bertz CT molecular complexity index is 721. The molecule has 120 valence electrons. The zero-order valence-electron chi connectivity index (χ0n) is 13.2. The lowest BCUT2D eigenvalue weighted by Crippen LogP contribution is -2.37. The number of nitrogens with one attached hydrogen (secondary N) is 1. The van der Waals surface area contributed by atoms with E-state index in [1.165, 1.54) is 31.0 Å². The molecule has 0 aliphatic rings. The number of carbonyl (C=O) groups excluding carboxylic acids is 3. The zero-order chi connectivity index (χ0) is 17.0. The molecule has 0 fully saturated rings. The second kappa shape index (κ2) is 6.91. The van der Waals surface area contributed by atoms with Crippen molar-refractivity contribution >= 4 is 23.3 Å². The van der Waals surface area contributed by atoms with E-state index in [-0.39, 0.29) is 17.4 Å². The molecule has 6 heteroatoms. The van der Waals surface area contributed by atoms with E-state index >= 15 is 0 Å². The van der Waals surface area contributed by atoms with Crippen LogP contribution in [0.3, 0.4) is 0 Å². The Kier molecular flexibility index (Phi) is 4.95. The van der Waals surface area contributed by atoms with Gasteiger partial charge in [0.2, 0.25) is 0 Å². The molecule has 23 heavy (non-hydrogen) atoms. The number of amides is 1. The van der Waals surface area contributed by atoms with Gasteiger partial charge in [-0.05, 0) is 32.0 Å². The number of nitrogens with zero attached hydrogens (tertiary/aromatic N) is 1. The molecule has 0 saturated carbocycles. The number of Topliss-reactive ketones (excluding diaryl/α,β-unsaturated/α-hetero) is 1. The van der Waals surface area contributed by atoms with Crippen LogP contribution < -0.4 is 4.90 Å². The van der Waals surface area contributed by atoms with Crippen LogP contribution in [0, 0.1) is 0 Å². The molecule has 1 atom stereocenters. The van der Waals surface area contributed by atoms with Crippen molar-refractivity contribution in [3.05, 3.63) is 53.9 Å². The summed E-state index contributed by atoms with van der Waals surface area (Å²) < 4.78 is 5.16. The zero-order valence-corrected chi connectivity index (χ0v) is 13.2. The van der Waals surface area contributed by atoms with E-state index in [2.05, 4.69) is 4.98 Å². The first-order valence-electron chi connectivity index (χ1n) is 7.13. The van der Waals surface area contributed by atoms with Crippen LogP contribution in [0.1, 0.15) is 34.7 Å². The highest BCUT2D eigenvalue weighted by atomic mass is 16.5. The van der Waals surface area contributed by atoms with E-state index in [0.29, 0.717) is 11.3 Å². The number of benzene rings is 1. The number of likely N-dealkylation sites (N-methyl/N-ethyl adjacent to an activating group) is 1. The lowest BCUT2D eigenvalue weighted by atomic mass is 10.2. The standard InChI is InChI=1S/C17H18N2O4/c1-11(20)13-9-15(18-10-13)17(22)23-12(2)16(21)19(3)14-7-5-4-6-8-14/h4-10,12,18H,1-3H3/t12-/m1/s1. The number of rotatable bonds is 5. The van der Waals surface area contributed by atoms with Gasteiger partial charge < -0.3 is 14.6 Å². The fourth-order valence-corrected chi connectivity index (χ4v) is 2.04. The third-order valence-corrected chi connectivity index (χ3v) is 3.42. The summed E-state index contributed by atoms with van der Waals surface area (Å²) >= 11 is 0. The highest BCUT2D eigenvalue weighted by Gasteiger charge is 2.23. The topological polar surface area (TPSA) is 79.5 Å². The molecule has 0 spiro atoms. The van der Waals surface area contributed by atoms with Gasteiger partial charge in [-0.25, -0.2) is 4.79 Å². The van der Waals surface area contributed by atoms with Crippen molar-refractivity contribution in [3.63, 3.8) is 0 Å². The largest absolute Gasteiger partial charge is 0.448 e. The monoisotopic (exact) mass is 314 g/mol. The summed E-state index contributed by atoms with van der Waals surface area (Å²) in [6.07, 6.45) is 0.485. The van der Waals surface area contributed by atoms with E-state index in [9.17, 15) is 14.4 Å². The van der Waals surface area contributed by atoms with Gasteiger partial charge in [0.05, 0.1) is 0 Å². The number of ether oxygens (including phenoxy) is 1. The van der Waals surface area contributed by atoms with Crippen molar-refractivity contribution in [1.29, 1.82) is 0 Å². The highest BCUT2D eigenvalue weighted by Crippen LogP contribution is 2.14. The van der Waals surface area contributed by atoms with Crippen molar-refractivity contribution in [2.45, 2.75) is 20.0 Å². The second-order valence-electron chi connectivity index (χ2n) is 5.14. The first-order valence-corrected chi connectivity index (χ1v) is 7.13. The Hall–Kier alpha value is -2.89. The summed E-state index contributed by atoms with van der Waals surface area (Å²) in [5, 5.41) is 0. The SMILES string of the molecule is CC(=O)c1c[nH]c(C(=O)O[C@H](C)C(=O)N(C)c2ccccc2)c1. The third kappa shape index (κ3) is 3.85. The van der Waals surface area contributed by atoms with Crippen LogP contribution in [-0.2, 0) is 9.53 Å². The smallest absolute Gasteiger partial charge is 0.355 e. The van der Waals surface area contributed by atoms with E-state index in [4.69, 9.17) is 4.74 Å². The lowest BCUT2D eigenvalue weighted by molar-refractivity contribution is -0.126. The van der Waals surface area contributed by atoms with Crippen LogP contribution >= 0.6 is 0 Å². The van der Waals surface area contributed by atoms with Gasteiger partial charge in [-0.2, -0.15) is 0 Å². The van der Waals surface area contributed by atoms with E-state index < -0.39 is 12.1 Å². The molecule has 0 aliphatic heterocycles. The number of aromatic amines is 1. The maximum atomic E-state index is 12.3. The molecule has 0 bridgehead atoms. The molecule has 0 saturated heterocycles. The molecule has 2 rings (SSSR count). The number of anilines is 1. The minimum absolute atomic E-state index is 0.136. The van der Waals surface area contributed by atoms with Crippen LogP contribution in [-0.4, -0.2) is 35.8 Å².